The Kier molecular flexibility index (Phi) is 3.60. The van der Waals surface area contributed by atoms with E-state index in [1.165, 1.54) is 0 Å². The molecule has 0 unspecified atom stereocenters. The zero-order chi connectivity index (χ0) is 12.4. The molecule has 1 N–H and O–H groups in total. The molecule has 3 nitrogen and oxygen atoms in total. The van der Waals surface area contributed by atoms with E-state index in [0.29, 0.717) is 35.1 Å². The number of hydrogen-bond donors (Lipinski definition) is 1. The number of rotatable bonds is 3. The summed E-state index contributed by atoms with van der Waals surface area (Å²) in [6.07, 6.45) is 2.24. The highest BCUT2D eigenvalue weighted by molar-refractivity contribution is 6.35. The monoisotopic (exact) mass is 271 g/mol. The van der Waals surface area contributed by atoms with Gasteiger partial charge in [-0.15, -0.1) is 0 Å². The first-order valence-corrected chi connectivity index (χ1v) is 5.94. The summed E-state index contributed by atoms with van der Waals surface area (Å²) in [6.45, 7) is 1.31. The summed E-state index contributed by atoms with van der Waals surface area (Å²) in [4.78, 5) is 12.7. The van der Waals surface area contributed by atoms with E-state index >= 15 is 0 Å². The molecule has 17 heavy (non-hydrogen) atoms. The van der Waals surface area contributed by atoms with Crippen molar-refractivity contribution in [2.24, 2.45) is 0 Å². The molecule has 90 valence electrons. The van der Waals surface area contributed by atoms with E-state index in [-0.39, 0.29) is 0 Å². The Morgan fingerprint density at radius 1 is 1.41 bits per heavy atom. The van der Waals surface area contributed by atoms with Gasteiger partial charge in [-0.2, -0.15) is 0 Å². The van der Waals surface area contributed by atoms with Crippen molar-refractivity contribution in [2.75, 3.05) is 6.54 Å². The van der Waals surface area contributed by atoms with Crippen LogP contribution in [0.3, 0.4) is 0 Å². The molecule has 0 spiro atoms. The van der Waals surface area contributed by atoms with Crippen LogP contribution in [0, 0.1) is 0 Å². The Bertz CT molecular complexity index is 485. The van der Waals surface area contributed by atoms with Crippen molar-refractivity contribution < 1.29 is 9.90 Å². The van der Waals surface area contributed by atoms with E-state index in [2.05, 4.69) is 0 Å². The second kappa shape index (κ2) is 4.98. The smallest absolute Gasteiger partial charge is 0.333 e. The molecule has 1 heterocycles. The van der Waals surface area contributed by atoms with Gasteiger partial charge in [-0.3, -0.25) is 0 Å². The van der Waals surface area contributed by atoms with Crippen LogP contribution in [0.15, 0.2) is 30.0 Å². The predicted octanol–water partition coefficient (Wildman–Crippen LogP) is 3.17. The first-order valence-electron chi connectivity index (χ1n) is 5.18. The van der Waals surface area contributed by atoms with Crippen molar-refractivity contribution in [3.05, 3.63) is 45.6 Å². The normalized spacial score (nSPS) is 14.9. The van der Waals surface area contributed by atoms with Crippen molar-refractivity contribution in [3.63, 3.8) is 0 Å². The molecule has 0 aliphatic carbocycles. The highest BCUT2D eigenvalue weighted by Gasteiger charge is 2.18. The first kappa shape index (κ1) is 12.3. The van der Waals surface area contributed by atoms with Crippen LogP contribution in [0.4, 0.5) is 0 Å². The maximum absolute atomic E-state index is 10.8. The standard InChI is InChI=1S/C12H11Cl2NO2/c13-10-2-1-8(11(14)5-10)6-15-4-3-9(7-15)12(16)17/h1-2,5,7H,3-4,6H2,(H,16,17). The van der Waals surface area contributed by atoms with Gasteiger partial charge in [0.05, 0.1) is 5.57 Å². The molecule has 1 aromatic rings. The number of halogens is 2. The van der Waals surface area contributed by atoms with Gasteiger partial charge >= 0.3 is 5.97 Å². The fourth-order valence-electron chi connectivity index (χ4n) is 1.77. The number of carboxylic acid groups (broad SMARTS) is 1. The van der Waals surface area contributed by atoms with Crippen LogP contribution in [-0.2, 0) is 11.3 Å². The van der Waals surface area contributed by atoms with Gasteiger partial charge in [-0.1, -0.05) is 29.3 Å². The van der Waals surface area contributed by atoms with Gasteiger partial charge in [0.25, 0.3) is 0 Å². The van der Waals surface area contributed by atoms with Crippen LogP contribution in [0.25, 0.3) is 0 Å². The van der Waals surface area contributed by atoms with Crippen molar-refractivity contribution in [2.45, 2.75) is 13.0 Å². The third-order valence-corrected chi connectivity index (χ3v) is 3.26. The predicted molar refractivity (Wildman–Crippen MR) is 67.2 cm³/mol. The lowest BCUT2D eigenvalue weighted by atomic mass is 10.2. The topological polar surface area (TPSA) is 40.5 Å². The van der Waals surface area contributed by atoms with E-state index in [4.69, 9.17) is 28.3 Å². The molecule has 0 amide bonds. The van der Waals surface area contributed by atoms with Crippen LogP contribution in [0.5, 0.6) is 0 Å². The molecule has 0 bridgehead atoms. The molecule has 5 heteroatoms. The second-order valence-electron chi connectivity index (χ2n) is 3.92. The number of nitrogens with zero attached hydrogens (tertiary/aromatic N) is 1. The number of carbonyl (C=O) groups is 1. The summed E-state index contributed by atoms with van der Waals surface area (Å²) < 4.78 is 0. The lowest BCUT2D eigenvalue weighted by molar-refractivity contribution is -0.132. The average Bonchev–Trinajstić information content (AvgIpc) is 2.71. The average molecular weight is 272 g/mol. The Labute approximate surface area is 109 Å². The van der Waals surface area contributed by atoms with Crippen LogP contribution in [0.2, 0.25) is 10.0 Å². The van der Waals surface area contributed by atoms with Gasteiger partial charge in [0.15, 0.2) is 0 Å². The van der Waals surface area contributed by atoms with E-state index in [0.717, 1.165) is 5.56 Å². The summed E-state index contributed by atoms with van der Waals surface area (Å²) in [6, 6.07) is 5.33. The molecule has 1 aliphatic heterocycles. The van der Waals surface area contributed by atoms with E-state index in [1.54, 1.807) is 18.3 Å². The van der Waals surface area contributed by atoms with Crippen LogP contribution in [0.1, 0.15) is 12.0 Å². The zero-order valence-electron chi connectivity index (χ0n) is 8.99. The molecular formula is C12H11Cl2NO2. The molecule has 0 saturated heterocycles. The minimum Gasteiger partial charge on any atom is -0.478 e. The van der Waals surface area contributed by atoms with Crippen molar-refractivity contribution in [1.29, 1.82) is 0 Å². The molecule has 1 aromatic carbocycles. The number of benzene rings is 1. The molecule has 0 aromatic heterocycles. The van der Waals surface area contributed by atoms with Gasteiger partial charge < -0.3 is 10.0 Å². The van der Waals surface area contributed by atoms with Gasteiger partial charge in [-0.05, 0) is 24.1 Å². The highest BCUT2D eigenvalue weighted by Crippen LogP contribution is 2.24. The molecule has 0 fully saturated rings. The number of hydrogen-bond acceptors (Lipinski definition) is 2. The molecule has 2 rings (SSSR count). The zero-order valence-corrected chi connectivity index (χ0v) is 10.5. The van der Waals surface area contributed by atoms with Crippen molar-refractivity contribution in [3.8, 4) is 0 Å². The lowest BCUT2D eigenvalue weighted by Gasteiger charge is -2.16. The fourth-order valence-corrected chi connectivity index (χ4v) is 2.24. The maximum Gasteiger partial charge on any atom is 0.333 e. The summed E-state index contributed by atoms with van der Waals surface area (Å²) in [5.41, 5.74) is 1.38. The minimum atomic E-state index is -0.852. The van der Waals surface area contributed by atoms with Crippen LogP contribution in [-0.4, -0.2) is 22.5 Å². The van der Waals surface area contributed by atoms with Crippen LogP contribution < -0.4 is 0 Å². The molecule has 0 saturated carbocycles. The first-order chi connectivity index (χ1) is 8.06. The SMILES string of the molecule is O=C(O)C1=CN(Cc2ccc(Cl)cc2Cl)CC1. The fraction of sp³-hybridized carbons (Fsp3) is 0.250. The quantitative estimate of drug-likeness (QED) is 0.918. The molecule has 0 atom stereocenters. The maximum atomic E-state index is 10.8. The van der Waals surface area contributed by atoms with E-state index in [9.17, 15) is 4.79 Å². The lowest BCUT2D eigenvalue weighted by Crippen LogP contribution is -2.13. The number of carboxylic acids is 1. The van der Waals surface area contributed by atoms with Crippen molar-refractivity contribution >= 4 is 29.2 Å². The molecule has 0 radical (unpaired) electrons. The summed E-state index contributed by atoms with van der Waals surface area (Å²) >= 11 is 11.9. The third-order valence-electron chi connectivity index (χ3n) is 2.67. The van der Waals surface area contributed by atoms with Gasteiger partial charge in [0.2, 0.25) is 0 Å². The van der Waals surface area contributed by atoms with Crippen molar-refractivity contribution in [1.82, 2.24) is 4.90 Å². The Morgan fingerprint density at radius 2 is 2.18 bits per heavy atom. The van der Waals surface area contributed by atoms with Gasteiger partial charge in [-0.25, -0.2) is 4.79 Å². The second-order valence-corrected chi connectivity index (χ2v) is 4.76. The third kappa shape index (κ3) is 2.93. The summed E-state index contributed by atoms with van der Waals surface area (Å²) in [5.74, 6) is -0.852. The highest BCUT2D eigenvalue weighted by atomic mass is 35.5. The van der Waals surface area contributed by atoms with Gasteiger partial charge in [0.1, 0.15) is 0 Å². The Balaban J connectivity index is 2.10. The summed E-state index contributed by atoms with van der Waals surface area (Å²) in [5, 5.41) is 10.1. The minimum absolute atomic E-state index is 0.440. The Morgan fingerprint density at radius 3 is 2.76 bits per heavy atom. The number of aliphatic carboxylic acids is 1. The van der Waals surface area contributed by atoms with Gasteiger partial charge in [0, 0.05) is 29.3 Å². The largest absolute Gasteiger partial charge is 0.478 e. The van der Waals surface area contributed by atoms with E-state index < -0.39 is 5.97 Å². The Hall–Kier alpha value is -1.19. The molecular weight excluding hydrogens is 261 g/mol. The van der Waals surface area contributed by atoms with Crippen LogP contribution >= 0.6 is 23.2 Å². The summed E-state index contributed by atoms with van der Waals surface area (Å²) in [7, 11) is 0. The molecule has 1 aliphatic rings. The van der Waals surface area contributed by atoms with E-state index in [1.807, 2.05) is 11.0 Å².